The maximum absolute atomic E-state index is 12.9. The Labute approximate surface area is 717 Å². The van der Waals surface area contributed by atoms with Crippen molar-refractivity contribution in [3.05, 3.63) is 319 Å². The molecule has 20 heteroatoms. The van der Waals surface area contributed by atoms with Gasteiger partial charge in [-0.1, -0.05) is 156 Å². The van der Waals surface area contributed by atoms with Crippen molar-refractivity contribution in [2.45, 2.75) is 152 Å². The largest absolute Gasteiger partial charge is 0.508 e. The molecule has 4 heterocycles. The number of carbonyl (C=O) groups excluding carboxylic acids is 4. The smallest absolute Gasteiger partial charge is 0.230 e. The summed E-state index contributed by atoms with van der Waals surface area (Å²) in [5.41, 5.74) is 26.2. The molecule has 9 aromatic carbocycles. The van der Waals surface area contributed by atoms with E-state index in [-0.39, 0.29) is 59.5 Å². The van der Waals surface area contributed by atoms with Gasteiger partial charge in [0, 0.05) is 35.1 Å². The monoisotopic (exact) mass is 1630 g/mol. The number of phenols is 4. The molecule has 8 N–H and O–H groups in total. The molecule has 0 aliphatic heterocycles. The molecule has 0 radical (unpaired) electrons. The van der Waals surface area contributed by atoms with Gasteiger partial charge in [-0.25, -0.2) is 39.9 Å². The Hall–Kier alpha value is -14.4. The van der Waals surface area contributed by atoms with Crippen molar-refractivity contribution in [2.75, 3.05) is 21.3 Å². The first kappa shape index (κ1) is 85.0. The average Bonchev–Trinajstić information content (AvgIpc) is 0.785. The molecule has 17 rings (SSSR count). The van der Waals surface area contributed by atoms with Crippen LogP contribution in [0.2, 0.25) is 0 Å². The van der Waals surface area contributed by atoms with Crippen molar-refractivity contribution in [3.8, 4) is 68.0 Å². The molecule has 4 amide bonds. The normalized spacial score (nSPS) is 12.0. The van der Waals surface area contributed by atoms with Gasteiger partial charge in [0.25, 0.3) is 0 Å². The lowest BCUT2D eigenvalue weighted by atomic mass is 9.91. The zero-order valence-electron chi connectivity index (χ0n) is 70.5. The van der Waals surface area contributed by atoms with Crippen LogP contribution in [0, 0.1) is 0 Å². The lowest BCUT2D eigenvalue weighted by Crippen LogP contribution is -2.19. The van der Waals surface area contributed by atoms with Crippen LogP contribution in [0.15, 0.2) is 229 Å². The topological polar surface area (TPSA) is 300 Å². The molecule has 0 saturated carbocycles. The number of fused-ring (bicyclic) bond motifs is 13. The quantitative estimate of drug-likeness (QED) is 0.0373. The molecule has 4 aliphatic rings. The predicted octanol–water partition coefficient (Wildman–Crippen LogP) is 20.5. The lowest BCUT2D eigenvalue weighted by molar-refractivity contribution is -0.117. The van der Waals surface area contributed by atoms with Crippen molar-refractivity contribution < 1.29 is 39.6 Å². The van der Waals surface area contributed by atoms with E-state index in [9.17, 15) is 39.6 Å². The highest BCUT2D eigenvalue weighted by Gasteiger charge is 2.28. The summed E-state index contributed by atoms with van der Waals surface area (Å²) in [6, 6.07) is 65.4. The summed E-state index contributed by atoms with van der Waals surface area (Å²) in [6.07, 6.45) is 17.5. The summed E-state index contributed by atoms with van der Waals surface area (Å²) in [6.45, 7) is 16.0. The number of amides is 4. The summed E-state index contributed by atoms with van der Waals surface area (Å²) < 4.78 is 0. The van der Waals surface area contributed by atoms with Gasteiger partial charge in [0.05, 0.1) is 58.4 Å². The number of aromatic nitrogens is 8. The number of nitrogens with one attached hydrogen (secondary N) is 4. The second kappa shape index (κ2) is 39.2. The lowest BCUT2D eigenvalue weighted by Gasteiger charge is -2.20. The van der Waals surface area contributed by atoms with Crippen LogP contribution < -0.4 is 21.3 Å². The molecule has 0 fully saturated rings. The maximum Gasteiger partial charge on any atom is 0.230 e. The second-order valence-corrected chi connectivity index (χ2v) is 32.3. The van der Waals surface area contributed by atoms with Gasteiger partial charge in [0.2, 0.25) is 23.6 Å². The summed E-state index contributed by atoms with van der Waals surface area (Å²) in [4.78, 5) is 89.4. The average molecular weight is 1630 g/mol. The van der Waals surface area contributed by atoms with Crippen molar-refractivity contribution >= 4 is 82.0 Å². The minimum absolute atomic E-state index is 0.0466. The van der Waals surface area contributed by atoms with E-state index >= 15 is 0 Å². The fourth-order valence-corrected chi connectivity index (χ4v) is 15.5. The number of phenolic OH excluding ortho intramolecular Hbond substituents is 4. The fraction of sp³-hybridized carbons (Fsp3) is 0.223. The van der Waals surface area contributed by atoms with Gasteiger partial charge in [-0.2, -0.15) is 0 Å². The summed E-state index contributed by atoms with van der Waals surface area (Å²) >= 11 is 0. The Morgan fingerprint density at radius 1 is 0.293 bits per heavy atom. The van der Waals surface area contributed by atoms with Crippen molar-refractivity contribution in [2.24, 2.45) is 0 Å². The molecule has 0 bridgehead atoms. The molecule has 0 saturated heterocycles. The minimum atomic E-state index is -0.121. The van der Waals surface area contributed by atoms with E-state index in [2.05, 4.69) is 51.6 Å². The van der Waals surface area contributed by atoms with E-state index in [4.69, 9.17) is 39.9 Å². The van der Waals surface area contributed by atoms with Gasteiger partial charge in [0.15, 0.2) is 23.3 Å². The van der Waals surface area contributed by atoms with Gasteiger partial charge in [-0.05, 0) is 278 Å². The van der Waals surface area contributed by atoms with Gasteiger partial charge in [-0.15, -0.1) is 0 Å². The Morgan fingerprint density at radius 3 is 0.943 bits per heavy atom. The summed E-state index contributed by atoms with van der Waals surface area (Å²) in [5, 5.41) is 53.4. The third-order valence-corrected chi connectivity index (χ3v) is 21.2. The van der Waals surface area contributed by atoms with Crippen LogP contribution in [0.25, 0.3) is 80.1 Å². The number of aromatic hydroxyl groups is 4. The molecule has 0 unspecified atom stereocenters. The van der Waals surface area contributed by atoms with E-state index < -0.39 is 0 Å². The van der Waals surface area contributed by atoms with Crippen molar-refractivity contribution in [3.63, 3.8) is 0 Å². The Morgan fingerprint density at radius 2 is 0.593 bits per heavy atom. The number of rotatable bonds is 19. The van der Waals surface area contributed by atoms with Crippen molar-refractivity contribution in [1.82, 2.24) is 39.9 Å². The van der Waals surface area contributed by atoms with Gasteiger partial charge < -0.3 is 41.7 Å². The van der Waals surface area contributed by atoms with Gasteiger partial charge in [0.1, 0.15) is 45.8 Å². The second-order valence-electron chi connectivity index (χ2n) is 32.3. The molecule has 4 aliphatic carbocycles. The van der Waals surface area contributed by atoms with Crippen LogP contribution in [-0.4, -0.2) is 83.9 Å². The van der Waals surface area contributed by atoms with E-state index in [1.807, 2.05) is 207 Å². The third kappa shape index (κ3) is 22.2. The SMILES string of the molecule is CC(C)=Cc1nc2c(nc1NC(=O)CCCc1ccccc1)CCc1cc(O)ccc1-2.CC(C)=Cc1nc2c(nc1NC(=O)CCc1ccccc1)CCc1cc(O)ccc1-2.CC(C)=Cc1nc2c(nc1NC(=O)Cc1ccc3ccccc3c1)CCc1cc(O)ccc1-2.CC(C)=Cc1nc2c(nc1NC(=O)Cc1ccccc1)CCc1cc(O)ccc1-2. The Balaban J connectivity index is 0.000000134. The zero-order chi connectivity index (χ0) is 86.2. The highest BCUT2D eigenvalue weighted by Crippen LogP contribution is 2.40. The summed E-state index contributed by atoms with van der Waals surface area (Å²) in [7, 11) is 0. The first-order valence-corrected chi connectivity index (χ1v) is 41.8. The van der Waals surface area contributed by atoms with E-state index in [1.54, 1.807) is 48.5 Å². The molecule has 13 aromatic rings. The summed E-state index contributed by atoms with van der Waals surface area (Å²) in [5.74, 6) is 2.70. The van der Waals surface area contributed by atoms with Gasteiger partial charge in [-0.3, -0.25) is 19.2 Å². The van der Waals surface area contributed by atoms with Crippen LogP contribution in [0.4, 0.5) is 23.3 Å². The van der Waals surface area contributed by atoms with Crippen LogP contribution in [-0.2, 0) is 96.2 Å². The number of carbonyl (C=O) groups is 4. The van der Waals surface area contributed by atoms with Crippen LogP contribution >= 0.6 is 0 Å². The number of aryl methyl sites for hydroxylation is 10. The highest BCUT2D eigenvalue weighted by atomic mass is 16.3. The molecule has 4 aromatic heterocycles. The minimum Gasteiger partial charge on any atom is -0.508 e. The number of allylic oxidation sites excluding steroid dienone is 4. The fourth-order valence-electron chi connectivity index (χ4n) is 15.5. The van der Waals surface area contributed by atoms with E-state index in [0.29, 0.717) is 71.7 Å². The molecular formula is C103H100N12O8. The maximum atomic E-state index is 12.9. The molecule has 20 nitrogen and oxygen atoms in total. The molecule has 620 valence electrons. The molecule has 123 heavy (non-hydrogen) atoms. The predicted molar refractivity (Wildman–Crippen MR) is 490 cm³/mol. The number of hydrogen-bond donors (Lipinski definition) is 8. The van der Waals surface area contributed by atoms with Crippen molar-refractivity contribution in [1.29, 1.82) is 0 Å². The van der Waals surface area contributed by atoms with Crippen LogP contribution in [0.1, 0.15) is 165 Å². The van der Waals surface area contributed by atoms with E-state index in [1.165, 1.54) is 5.56 Å². The number of hydrogen-bond acceptors (Lipinski definition) is 16. The van der Waals surface area contributed by atoms with E-state index in [0.717, 1.165) is 198 Å². The van der Waals surface area contributed by atoms with Crippen LogP contribution in [0.3, 0.4) is 0 Å². The first-order valence-electron chi connectivity index (χ1n) is 41.8. The number of nitrogens with zero attached hydrogens (tertiary/aromatic N) is 8. The first-order chi connectivity index (χ1) is 59.4. The Kier molecular flexibility index (Phi) is 27.1. The molecule has 0 spiro atoms. The zero-order valence-corrected chi connectivity index (χ0v) is 70.5. The molecule has 0 atom stereocenters. The molecular weight excluding hydrogens is 1530 g/mol. The van der Waals surface area contributed by atoms with Crippen LogP contribution in [0.5, 0.6) is 23.0 Å². The highest BCUT2D eigenvalue weighted by molar-refractivity contribution is 5.96. The number of anilines is 4. The Bertz CT molecular complexity index is 6280. The van der Waals surface area contributed by atoms with Gasteiger partial charge >= 0.3 is 0 Å². The standard InChI is InChI=1S/C28H25N3O2.C26H27N3O2.C25H25N3O2.C24H23N3O2/c1-17(2)13-25-28(30-24-12-9-21-16-22(32)10-11-23(21)27(24)29-25)31-26(33)15-18-7-8-19-5-3-4-6-20(19)14-18;1-17(2)15-23-26(29-24(31)10-6-9-18-7-4-3-5-8-18)28-22-14-11-19-16-20(30)12-13-21(19)25(22)27-23;1-16(2)14-22-25(28-23(30)13-8-17-6-4-3-5-7-17)27-21-12-9-18-15-19(29)10-11-20(18)24(21)26-22;1-15(2)12-21-24(27-22(29)13-16-6-4-3-5-7-16)26-20-11-8-17-14-18(28)9-10-19(17)23(20)25-21/h3-8,10-11,13-14,16,32H,9,12,15H2,1-2H3,(H,30,31,33);3-5,7-8,12-13,15-16,30H,6,9-11,14H2,1-2H3,(H,28,29,31);3-7,10-11,14-15,29H,8-9,12-13H2,1-2H3,(H,27,28,30);3-7,9-10,12,14,28H,8,11,13H2,1-2H3,(H,26,27,29). The number of benzene rings is 9. The third-order valence-electron chi connectivity index (χ3n) is 21.2.